The number of benzene rings is 1. The molecule has 0 aromatic heterocycles. The molecule has 1 N–H and O–H groups in total. The molecule has 1 aromatic rings. The van der Waals surface area contributed by atoms with E-state index in [4.69, 9.17) is 4.74 Å². The first-order valence-electron chi connectivity index (χ1n) is 5.02. The molecule has 15 heavy (non-hydrogen) atoms. The van der Waals surface area contributed by atoms with E-state index in [1.165, 1.54) is 0 Å². The highest BCUT2D eigenvalue weighted by atomic mass is 16.5. The highest BCUT2D eigenvalue weighted by molar-refractivity contribution is 5.82. The summed E-state index contributed by atoms with van der Waals surface area (Å²) in [5, 5.41) is 9.28. The van der Waals surface area contributed by atoms with Gasteiger partial charge in [0.15, 0.2) is 0 Å². The van der Waals surface area contributed by atoms with Crippen molar-refractivity contribution in [2.24, 2.45) is 0 Å². The SMILES string of the molecule is Cc1cccc2c1OCCC2(C)C(=O)O. The van der Waals surface area contributed by atoms with Gasteiger partial charge in [0.2, 0.25) is 0 Å². The topological polar surface area (TPSA) is 46.5 Å². The highest BCUT2D eigenvalue weighted by Crippen LogP contribution is 2.40. The zero-order valence-corrected chi connectivity index (χ0v) is 8.91. The Hall–Kier alpha value is -1.51. The lowest BCUT2D eigenvalue weighted by atomic mass is 9.77. The van der Waals surface area contributed by atoms with Crippen LogP contribution in [0.2, 0.25) is 0 Å². The van der Waals surface area contributed by atoms with Crippen LogP contribution in [-0.4, -0.2) is 17.7 Å². The minimum atomic E-state index is -0.806. The average Bonchev–Trinajstić information content (AvgIpc) is 2.20. The Bertz CT molecular complexity index is 411. The minimum Gasteiger partial charge on any atom is -0.493 e. The van der Waals surface area contributed by atoms with Crippen LogP contribution in [0.3, 0.4) is 0 Å². The van der Waals surface area contributed by atoms with Gasteiger partial charge in [-0.1, -0.05) is 18.2 Å². The molecule has 1 atom stereocenters. The Kier molecular flexibility index (Phi) is 2.18. The number of aliphatic carboxylic acids is 1. The summed E-state index contributed by atoms with van der Waals surface area (Å²) in [6.07, 6.45) is 0.527. The van der Waals surface area contributed by atoms with Gasteiger partial charge in [0.1, 0.15) is 5.75 Å². The molecule has 1 aliphatic heterocycles. The normalized spacial score (nSPS) is 24.1. The third-order valence-electron chi connectivity index (χ3n) is 3.13. The van der Waals surface area contributed by atoms with Crippen molar-refractivity contribution < 1.29 is 14.6 Å². The van der Waals surface area contributed by atoms with Gasteiger partial charge in [-0.3, -0.25) is 4.79 Å². The Morgan fingerprint density at radius 2 is 2.27 bits per heavy atom. The van der Waals surface area contributed by atoms with Crippen LogP contribution < -0.4 is 4.74 Å². The van der Waals surface area contributed by atoms with Crippen molar-refractivity contribution in [2.45, 2.75) is 25.7 Å². The van der Waals surface area contributed by atoms with Gasteiger partial charge in [0.25, 0.3) is 0 Å². The number of carboxylic acid groups (broad SMARTS) is 1. The maximum absolute atomic E-state index is 11.3. The summed E-state index contributed by atoms with van der Waals surface area (Å²) in [6.45, 7) is 4.17. The summed E-state index contributed by atoms with van der Waals surface area (Å²) in [7, 11) is 0. The smallest absolute Gasteiger partial charge is 0.314 e. The largest absolute Gasteiger partial charge is 0.493 e. The number of fused-ring (bicyclic) bond motifs is 1. The second-order valence-electron chi connectivity index (χ2n) is 4.19. The molecule has 1 unspecified atom stereocenters. The number of aryl methyl sites for hydroxylation is 1. The number of rotatable bonds is 1. The number of carbonyl (C=O) groups is 1. The van der Waals surface area contributed by atoms with Crippen LogP contribution in [0.15, 0.2) is 18.2 Å². The quantitative estimate of drug-likeness (QED) is 0.765. The van der Waals surface area contributed by atoms with Crippen LogP contribution in [0.5, 0.6) is 5.75 Å². The molecular formula is C12H14O3. The first-order valence-corrected chi connectivity index (χ1v) is 5.02. The van der Waals surface area contributed by atoms with Crippen molar-refractivity contribution in [3.8, 4) is 5.75 Å². The zero-order valence-electron chi connectivity index (χ0n) is 8.91. The molecule has 2 rings (SSSR count). The van der Waals surface area contributed by atoms with Crippen LogP contribution >= 0.6 is 0 Å². The van der Waals surface area contributed by atoms with Gasteiger partial charge in [0.05, 0.1) is 12.0 Å². The highest BCUT2D eigenvalue weighted by Gasteiger charge is 2.40. The lowest BCUT2D eigenvalue weighted by molar-refractivity contribution is -0.144. The third kappa shape index (κ3) is 1.39. The molecule has 0 fully saturated rings. The Labute approximate surface area is 88.7 Å². The molecule has 0 spiro atoms. The van der Waals surface area contributed by atoms with E-state index in [0.717, 1.165) is 16.9 Å². The molecule has 1 aromatic carbocycles. The molecule has 80 valence electrons. The molecular weight excluding hydrogens is 192 g/mol. The van der Waals surface area contributed by atoms with Crippen molar-refractivity contribution in [2.75, 3.05) is 6.61 Å². The van der Waals surface area contributed by atoms with E-state index < -0.39 is 11.4 Å². The molecule has 1 heterocycles. The summed E-state index contributed by atoms with van der Waals surface area (Å²) in [5.74, 6) is -0.0358. The van der Waals surface area contributed by atoms with E-state index in [1.54, 1.807) is 6.92 Å². The second kappa shape index (κ2) is 3.26. The van der Waals surface area contributed by atoms with E-state index >= 15 is 0 Å². The van der Waals surface area contributed by atoms with Crippen LogP contribution in [0, 0.1) is 6.92 Å². The zero-order chi connectivity index (χ0) is 11.1. The fourth-order valence-corrected chi connectivity index (χ4v) is 1.99. The van der Waals surface area contributed by atoms with Gasteiger partial charge in [0, 0.05) is 12.0 Å². The minimum absolute atomic E-state index is 0.473. The first kappa shape index (κ1) is 10.0. The van der Waals surface area contributed by atoms with Gasteiger partial charge in [-0.15, -0.1) is 0 Å². The van der Waals surface area contributed by atoms with E-state index in [2.05, 4.69) is 0 Å². The standard InChI is InChI=1S/C12H14O3/c1-8-4-3-5-9-10(8)15-7-6-12(9,2)11(13)14/h3-5H,6-7H2,1-2H3,(H,13,14). The van der Waals surface area contributed by atoms with E-state index in [9.17, 15) is 9.90 Å². The van der Waals surface area contributed by atoms with E-state index in [-0.39, 0.29) is 0 Å². The Balaban J connectivity index is 2.61. The van der Waals surface area contributed by atoms with Gasteiger partial charge >= 0.3 is 5.97 Å². The Morgan fingerprint density at radius 1 is 1.53 bits per heavy atom. The molecule has 0 bridgehead atoms. The second-order valence-corrected chi connectivity index (χ2v) is 4.19. The molecule has 3 heteroatoms. The molecule has 0 aliphatic carbocycles. The molecule has 0 saturated heterocycles. The number of hydrogen-bond donors (Lipinski definition) is 1. The maximum Gasteiger partial charge on any atom is 0.314 e. The fourth-order valence-electron chi connectivity index (χ4n) is 1.99. The fraction of sp³-hybridized carbons (Fsp3) is 0.417. The molecule has 3 nitrogen and oxygen atoms in total. The Morgan fingerprint density at radius 3 is 2.93 bits per heavy atom. The number of hydrogen-bond acceptors (Lipinski definition) is 2. The predicted molar refractivity (Wildman–Crippen MR) is 56.3 cm³/mol. The molecule has 1 aliphatic rings. The summed E-state index contributed by atoms with van der Waals surface area (Å²) < 4.78 is 5.54. The van der Waals surface area contributed by atoms with Crippen molar-refractivity contribution in [3.05, 3.63) is 29.3 Å². The van der Waals surface area contributed by atoms with Crippen molar-refractivity contribution in [3.63, 3.8) is 0 Å². The average molecular weight is 206 g/mol. The third-order valence-corrected chi connectivity index (χ3v) is 3.13. The summed E-state index contributed by atoms with van der Waals surface area (Å²) >= 11 is 0. The monoisotopic (exact) mass is 206 g/mol. The van der Waals surface area contributed by atoms with Gasteiger partial charge in [-0.2, -0.15) is 0 Å². The first-order chi connectivity index (χ1) is 7.05. The summed E-state index contributed by atoms with van der Waals surface area (Å²) in [6, 6.07) is 5.66. The summed E-state index contributed by atoms with van der Waals surface area (Å²) in [5.41, 5.74) is 0.987. The number of para-hydroxylation sites is 1. The maximum atomic E-state index is 11.3. The van der Waals surface area contributed by atoms with Gasteiger partial charge < -0.3 is 9.84 Å². The van der Waals surface area contributed by atoms with Crippen LogP contribution in [0.4, 0.5) is 0 Å². The van der Waals surface area contributed by atoms with Gasteiger partial charge in [-0.25, -0.2) is 0 Å². The number of ether oxygens (including phenoxy) is 1. The van der Waals surface area contributed by atoms with Crippen molar-refractivity contribution in [1.82, 2.24) is 0 Å². The van der Waals surface area contributed by atoms with Crippen LogP contribution in [-0.2, 0) is 10.2 Å². The van der Waals surface area contributed by atoms with Crippen LogP contribution in [0.1, 0.15) is 24.5 Å². The van der Waals surface area contributed by atoms with Crippen LogP contribution in [0.25, 0.3) is 0 Å². The molecule has 0 saturated carbocycles. The molecule has 0 amide bonds. The number of carboxylic acids is 1. The van der Waals surface area contributed by atoms with Crippen molar-refractivity contribution >= 4 is 5.97 Å². The van der Waals surface area contributed by atoms with Crippen molar-refractivity contribution in [1.29, 1.82) is 0 Å². The van der Waals surface area contributed by atoms with E-state index in [0.29, 0.717) is 13.0 Å². The van der Waals surface area contributed by atoms with Gasteiger partial charge in [-0.05, 0) is 19.4 Å². The lowest BCUT2D eigenvalue weighted by Crippen LogP contribution is -2.37. The molecule has 0 radical (unpaired) electrons. The van der Waals surface area contributed by atoms with E-state index in [1.807, 2.05) is 25.1 Å². The lowest BCUT2D eigenvalue weighted by Gasteiger charge is -2.32. The summed E-state index contributed by atoms with van der Waals surface area (Å²) in [4.78, 5) is 11.3. The predicted octanol–water partition coefficient (Wildman–Crippen LogP) is 2.12.